The molecule has 1 aromatic heterocycles. The van der Waals surface area contributed by atoms with Gasteiger partial charge in [-0.05, 0) is 143 Å². The Balaban J connectivity index is 0.928. The lowest BCUT2D eigenvalue weighted by molar-refractivity contribution is -0.141. The molecular formula is C35H39N3O2S. The van der Waals surface area contributed by atoms with Crippen LogP contribution in [0.5, 0.6) is 0 Å². The van der Waals surface area contributed by atoms with Gasteiger partial charge in [-0.1, -0.05) is 12.1 Å². The zero-order chi connectivity index (χ0) is 27.3. The first-order chi connectivity index (χ1) is 19.9. The van der Waals surface area contributed by atoms with E-state index >= 15 is 0 Å². The first-order valence-corrected chi connectivity index (χ1v) is 16.9. The van der Waals surface area contributed by atoms with Gasteiger partial charge in [0.1, 0.15) is 5.01 Å². The number of aromatic nitrogens is 1. The van der Waals surface area contributed by atoms with Crippen molar-refractivity contribution in [1.82, 2.24) is 4.98 Å². The summed E-state index contributed by atoms with van der Waals surface area (Å²) in [5, 5.41) is 7.58. The SMILES string of the molecule is O=C(Nc1cccc(-c2nc3ccc(NC(=O)C45CC6CC(CC(C6)C4)C5)cc3s2)c1)C12CC3CC(CC(C3)C1)C2. The Kier molecular flexibility index (Phi) is 5.38. The molecule has 0 saturated heterocycles. The second-order valence-corrected chi connectivity index (χ2v) is 16.1. The van der Waals surface area contributed by atoms with Crippen molar-refractivity contribution in [3.8, 4) is 10.6 Å². The third-order valence-corrected chi connectivity index (χ3v) is 13.1. The molecule has 212 valence electrons. The molecule has 41 heavy (non-hydrogen) atoms. The molecule has 8 saturated carbocycles. The lowest BCUT2D eigenvalue weighted by atomic mass is 9.49. The normalized spacial score (nSPS) is 38.0. The van der Waals surface area contributed by atoms with Gasteiger partial charge in [0, 0.05) is 16.9 Å². The molecular weight excluding hydrogens is 526 g/mol. The van der Waals surface area contributed by atoms with Crippen molar-refractivity contribution >= 4 is 44.7 Å². The summed E-state index contributed by atoms with van der Waals surface area (Å²) in [4.78, 5) is 32.1. The minimum Gasteiger partial charge on any atom is -0.326 e. The van der Waals surface area contributed by atoms with Crippen LogP contribution in [-0.2, 0) is 9.59 Å². The van der Waals surface area contributed by atoms with E-state index in [1.165, 1.54) is 38.5 Å². The van der Waals surface area contributed by atoms with E-state index < -0.39 is 0 Å². The summed E-state index contributed by atoms with van der Waals surface area (Å²) in [6.45, 7) is 0. The second-order valence-electron chi connectivity index (χ2n) is 15.1. The smallest absolute Gasteiger partial charge is 0.230 e. The quantitative estimate of drug-likeness (QED) is 0.327. The van der Waals surface area contributed by atoms with Gasteiger partial charge >= 0.3 is 0 Å². The molecule has 0 spiro atoms. The minimum absolute atomic E-state index is 0.149. The highest BCUT2D eigenvalue weighted by Gasteiger charge is 2.55. The maximum atomic E-state index is 13.6. The monoisotopic (exact) mass is 565 g/mol. The van der Waals surface area contributed by atoms with Crippen molar-refractivity contribution in [2.24, 2.45) is 46.3 Å². The van der Waals surface area contributed by atoms with E-state index in [1.54, 1.807) is 11.3 Å². The molecule has 8 aliphatic rings. The Morgan fingerprint density at radius 3 is 1.66 bits per heavy atom. The molecule has 6 heteroatoms. The fourth-order valence-electron chi connectivity index (χ4n) is 11.2. The summed E-state index contributed by atoms with van der Waals surface area (Å²) in [6, 6.07) is 14.3. The van der Waals surface area contributed by atoms with Crippen LogP contribution < -0.4 is 10.6 Å². The Morgan fingerprint density at radius 1 is 0.659 bits per heavy atom. The van der Waals surface area contributed by atoms with Gasteiger partial charge in [0.2, 0.25) is 11.8 Å². The zero-order valence-electron chi connectivity index (χ0n) is 23.7. The van der Waals surface area contributed by atoms with Crippen molar-refractivity contribution in [3.63, 3.8) is 0 Å². The summed E-state index contributed by atoms with van der Waals surface area (Å²) in [6.07, 6.45) is 14.5. The van der Waals surface area contributed by atoms with E-state index in [0.717, 1.165) is 106 Å². The molecule has 5 nitrogen and oxygen atoms in total. The van der Waals surface area contributed by atoms with E-state index in [2.05, 4.69) is 28.8 Å². The molecule has 2 aromatic carbocycles. The van der Waals surface area contributed by atoms with Crippen molar-refractivity contribution in [2.75, 3.05) is 10.6 Å². The fraction of sp³-hybridized carbons (Fsp3) is 0.571. The van der Waals surface area contributed by atoms with Crippen LogP contribution in [0.2, 0.25) is 0 Å². The molecule has 8 bridgehead atoms. The third kappa shape index (κ3) is 4.11. The van der Waals surface area contributed by atoms with Gasteiger partial charge < -0.3 is 10.6 Å². The predicted molar refractivity (Wildman–Crippen MR) is 164 cm³/mol. The maximum absolute atomic E-state index is 13.6. The third-order valence-electron chi connectivity index (χ3n) is 12.1. The van der Waals surface area contributed by atoms with Crippen molar-refractivity contribution in [2.45, 2.75) is 77.0 Å². The van der Waals surface area contributed by atoms with Crippen LogP contribution in [0.4, 0.5) is 11.4 Å². The Labute approximate surface area is 245 Å². The maximum Gasteiger partial charge on any atom is 0.230 e. The summed E-state index contributed by atoms with van der Waals surface area (Å²) >= 11 is 1.65. The summed E-state index contributed by atoms with van der Waals surface area (Å²) < 4.78 is 1.08. The summed E-state index contributed by atoms with van der Waals surface area (Å²) in [5.41, 5.74) is 3.41. The molecule has 0 aliphatic heterocycles. The Bertz CT molecular complexity index is 1500. The van der Waals surface area contributed by atoms with Crippen LogP contribution in [0, 0.1) is 46.3 Å². The lowest BCUT2D eigenvalue weighted by Gasteiger charge is -2.55. The Hall–Kier alpha value is -2.73. The van der Waals surface area contributed by atoms with Crippen LogP contribution in [0.1, 0.15) is 77.0 Å². The number of fused-ring (bicyclic) bond motifs is 1. The molecule has 11 rings (SSSR count). The number of thiazole rings is 1. The van der Waals surface area contributed by atoms with E-state index in [4.69, 9.17) is 4.98 Å². The van der Waals surface area contributed by atoms with Crippen LogP contribution in [0.15, 0.2) is 42.5 Å². The number of benzene rings is 2. The molecule has 3 aromatic rings. The lowest BCUT2D eigenvalue weighted by Crippen LogP contribution is -2.51. The number of hydrogen-bond acceptors (Lipinski definition) is 4. The predicted octanol–water partition coefficient (Wildman–Crippen LogP) is 8.27. The first-order valence-electron chi connectivity index (χ1n) is 16.0. The number of carbonyl (C=O) groups excluding carboxylic acids is 2. The molecule has 1 heterocycles. The van der Waals surface area contributed by atoms with E-state index in [1.807, 2.05) is 24.3 Å². The van der Waals surface area contributed by atoms with Crippen LogP contribution in [0.25, 0.3) is 20.8 Å². The van der Waals surface area contributed by atoms with E-state index in [9.17, 15) is 9.59 Å². The first kappa shape index (κ1) is 24.8. The number of nitrogens with zero attached hydrogens (tertiary/aromatic N) is 1. The number of nitrogens with one attached hydrogen (secondary N) is 2. The Morgan fingerprint density at radius 2 is 1.15 bits per heavy atom. The molecule has 2 N–H and O–H groups in total. The molecule has 8 fully saturated rings. The van der Waals surface area contributed by atoms with Crippen LogP contribution in [-0.4, -0.2) is 16.8 Å². The number of hydrogen-bond donors (Lipinski definition) is 2. The highest BCUT2D eigenvalue weighted by Crippen LogP contribution is 2.61. The summed E-state index contributed by atoms with van der Waals surface area (Å²) in [5.74, 6) is 5.00. The van der Waals surface area contributed by atoms with Crippen molar-refractivity contribution in [1.29, 1.82) is 0 Å². The molecule has 0 unspecified atom stereocenters. The number of amides is 2. The van der Waals surface area contributed by atoms with Crippen molar-refractivity contribution in [3.05, 3.63) is 42.5 Å². The molecule has 0 radical (unpaired) electrons. The molecule has 0 atom stereocenters. The number of carbonyl (C=O) groups is 2. The molecule has 2 amide bonds. The average Bonchev–Trinajstić information content (AvgIpc) is 3.35. The average molecular weight is 566 g/mol. The van der Waals surface area contributed by atoms with E-state index in [0.29, 0.717) is 0 Å². The van der Waals surface area contributed by atoms with Gasteiger partial charge in [-0.25, -0.2) is 4.98 Å². The number of anilines is 2. The van der Waals surface area contributed by atoms with Gasteiger partial charge in [0.05, 0.1) is 21.0 Å². The van der Waals surface area contributed by atoms with Gasteiger partial charge in [0.15, 0.2) is 0 Å². The second kappa shape index (κ2) is 8.89. The fourth-order valence-corrected chi connectivity index (χ4v) is 12.2. The van der Waals surface area contributed by atoms with Crippen LogP contribution in [0.3, 0.4) is 0 Å². The highest BCUT2D eigenvalue weighted by molar-refractivity contribution is 7.21. The minimum atomic E-state index is -0.155. The largest absolute Gasteiger partial charge is 0.326 e. The highest BCUT2D eigenvalue weighted by atomic mass is 32.1. The van der Waals surface area contributed by atoms with Gasteiger partial charge in [-0.15, -0.1) is 11.3 Å². The standard InChI is InChI=1S/C35H39N3O2S/c39-32(34-14-20-6-21(15-34)8-22(7-20)16-34)36-27-3-1-2-26(12-27)31-38-29-5-4-28(13-30(29)41-31)37-33(40)35-17-23-9-24(18-35)11-25(10-23)19-35/h1-5,12-13,20-25H,6-11,14-19H2,(H,36,39)(H,37,40). The van der Waals surface area contributed by atoms with Crippen LogP contribution >= 0.6 is 11.3 Å². The zero-order valence-corrected chi connectivity index (χ0v) is 24.5. The topological polar surface area (TPSA) is 71.1 Å². The number of rotatable bonds is 5. The van der Waals surface area contributed by atoms with Gasteiger partial charge in [0.25, 0.3) is 0 Å². The summed E-state index contributed by atoms with van der Waals surface area (Å²) in [7, 11) is 0. The molecule has 8 aliphatic carbocycles. The van der Waals surface area contributed by atoms with Gasteiger partial charge in [-0.2, -0.15) is 0 Å². The van der Waals surface area contributed by atoms with E-state index in [-0.39, 0.29) is 22.6 Å². The van der Waals surface area contributed by atoms with Crippen molar-refractivity contribution < 1.29 is 9.59 Å². The van der Waals surface area contributed by atoms with Gasteiger partial charge in [-0.3, -0.25) is 9.59 Å².